The minimum Gasteiger partial charge on any atom is -0.346 e. The van der Waals surface area contributed by atoms with Gasteiger partial charge < -0.3 is 14.8 Å². The van der Waals surface area contributed by atoms with Gasteiger partial charge in [-0.15, -0.1) is 0 Å². The number of hydrogen-bond donors (Lipinski definition) is 1. The molecule has 0 unspecified atom stereocenters. The Labute approximate surface area is 206 Å². The molecular formula is C28H31N5O2. The first kappa shape index (κ1) is 24.2. The third kappa shape index (κ3) is 5.79. The third-order valence-corrected chi connectivity index (χ3v) is 6.49. The molecule has 35 heavy (non-hydrogen) atoms. The summed E-state index contributed by atoms with van der Waals surface area (Å²) >= 11 is 0. The van der Waals surface area contributed by atoms with Gasteiger partial charge in [0.1, 0.15) is 0 Å². The van der Waals surface area contributed by atoms with Crippen molar-refractivity contribution < 1.29 is 9.59 Å². The number of carbonyl (C=O) groups is 2. The second-order valence-electron chi connectivity index (χ2n) is 8.95. The van der Waals surface area contributed by atoms with E-state index in [1.807, 2.05) is 73.5 Å². The summed E-state index contributed by atoms with van der Waals surface area (Å²) in [6, 6.07) is 16.2. The first-order valence-corrected chi connectivity index (χ1v) is 12.0. The standard InChI is InChI=1S/C28H31N5O2/c1-21-7-5-8-22(2)28(21)30-26(34)20-31-15-17-32(18-16-31)27(35)12-11-23-19-33(14-6-13-29)25-10-4-3-9-24(23)25/h3-5,7-12,19H,6,14-18,20H2,1-2H3,(H,30,34)/b12-11+. The molecule has 4 rings (SSSR count). The van der Waals surface area contributed by atoms with Crippen LogP contribution >= 0.6 is 0 Å². The Morgan fingerprint density at radius 2 is 1.74 bits per heavy atom. The Morgan fingerprint density at radius 3 is 2.46 bits per heavy atom. The summed E-state index contributed by atoms with van der Waals surface area (Å²) < 4.78 is 2.06. The van der Waals surface area contributed by atoms with Gasteiger partial charge in [-0.25, -0.2) is 0 Å². The average Bonchev–Trinajstić information content (AvgIpc) is 3.21. The van der Waals surface area contributed by atoms with Crippen LogP contribution in [0.4, 0.5) is 5.69 Å². The molecule has 1 saturated heterocycles. The van der Waals surface area contributed by atoms with E-state index in [1.54, 1.807) is 6.08 Å². The molecule has 2 amide bonds. The average molecular weight is 470 g/mol. The number of benzene rings is 2. The molecule has 3 aromatic rings. The third-order valence-electron chi connectivity index (χ3n) is 6.49. The lowest BCUT2D eigenvalue weighted by Gasteiger charge is -2.33. The molecule has 0 bridgehead atoms. The Hall–Kier alpha value is -3.89. The van der Waals surface area contributed by atoms with Gasteiger partial charge in [-0.2, -0.15) is 5.26 Å². The highest BCUT2D eigenvalue weighted by atomic mass is 16.2. The summed E-state index contributed by atoms with van der Waals surface area (Å²) in [4.78, 5) is 29.3. The number of anilines is 1. The van der Waals surface area contributed by atoms with Gasteiger partial charge >= 0.3 is 0 Å². The van der Waals surface area contributed by atoms with E-state index >= 15 is 0 Å². The van der Waals surface area contributed by atoms with Gasteiger partial charge in [-0.05, 0) is 37.1 Å². The molecule has 1 aliphatic rings. The molecule has 0 radical (unpaired) electrons. The maximum atomic E-state index is 12.8. The molecule has 7 heteroatoms. The van der Waals surface area contributed by atoms with Crippen LogP contribution in [0, 0.1) is 25.2 Å². The van der Waals surface area contributed by atoms with Gasteiger partial charge in [0.25, 0.3) is 0 Å². The minimum absolute atomic E-state index is 0.0292. The minimum atomic E-state index is -0.0325. The number of aromatic nitrogens is 1. The zero-order valence-electron chi connectivity index (χ0n) is 20.3. The topological polar surface area (TPSA) is 81.4 Å². The Morgan fingerprint density at radius 1 is 1.03 bits per heavy atom. The van der Waals surface area contributed by atoms with Crippen molar-refractivity contribution in [1.82, 2.24) is 14.4 Å². The Kier molecular flexibility index (Phi) is 7.64. The number of fused-ring (bicyclic) bond motifs is 1. The van der Waals surface area contributed by atoms with Crippen LogP contribution in [-0.4, -0.2) is 58.9 Å². The van der Waals surface area contributed by atoms with Crippen LogP contribution in [0.2, 0.25) is 0 Å². The van der Waals surface area contributed by atoms with Crippen molar-refractivity contribution in [1.29, 1.82) is 5.26 Å². The van der Waals surface area contributed by atoms with Crippen LogP contribution in [0.1, 0.15) is 23.1 Å². The van der Waals surface area contributed by atoms with E-state index in [-0.39, 0.29) is 11.8 Å². The van der Waals surface area contributed by atoms with Crippen molar-refractivity contribution in [3.8, 4) is 6.07 Å². The highest BCUT2D eigenvalue weighted by molar-refractivity contribution is 5.96. The summed E-state index contributed by atoms with van der Waals surface area (Å²) in [7, 11) is 0. The highest BCUT2D eigenvalue weighted by Crippen LogP contribution is 2.23. The summed E-state index contributed by atoms with van der Waals surface area (Å²) in [5, 5.41) is 13.0. The van der Waals surface area contributed by atoms with E-state index in [2.05, 4.69) is 20.9 Å². The van der Waals surface area contributed by atoms with Gasteiger partial charge in [0, 0.05) is 67.2 Å². The van der Waals surface area contributed by atoms with Crippen LogP contribution in [0.25, 0.3) is 17.0 Å². The fourth-order valence-corrected chi connectivity index (χ4v) is 4.55. The molecule has 0 saturated carbocycles. The number of hydrogen-bond acceptors (Lipinski definition) is 4. The lowest BCUT2D eigenvalue weighted by Crippen LogP contribution is -2.50. The van der Waals surface area contributed by atoms with Crippen molar-refractivity contribution in [2.45, 2.75) is 26.8 Å². The number of piperazine rings is 1. The molecular weight excluding hydrogens is 438 g/mol. The first-order chi connectivity index (χ1) is 17.0. The molecule has 2 heterocycles. The van der Waals surface area contributed by atoms with Crippen LogP contribution in [0.3, 0.4) is 0 Å². The van der Waals surface area contributed by atoms with E-state index in [4.69, 9.17) is 5.26 Å². The summed E-state index contributed by atoms with van der Waals surface area (Å²) in [6.45, 7) is 7.41. The van der Waals surface area contributed by atoms with Crippen LogP contribution in [0.15, 0.2) is 54.7 Å². The van der Waals surface area contributed by atoms with E-state index in [0.29, 0.717) is 45.7 Å². The van der Waals surface area contributed by atoms with Crippen LogP contribution in [0.5, 0.6) is 0 Å². The fraction of sp³-hybridized carbons (Fsp3) is 0.321. The molecule has 1 fully saturated rings. The van der Waals surface area contributed by atoms with E-state index in [0.717, 1.165) is 33.3 Å². The van der Waals surface area contributed by atoms with Gasteiger partial charge in [0.2, 0.25) is 11.8 Å². The summed E-state index contributed by atoms with van der Waals surface area (Å²) in [5.74, 6) is -0.0617. The monoisotopic (exact) mass is 469 g/mol. The first-order valence-electron chi connectivity index (χ1n) is 12.0. The predicted molar refractivity (Wildman–Crippen MR) is 139 cm³/mol. The molecule has 1 aromatic heterocycles. The van der Waals surface area contributed by atoms with Crippen molar-refractivity contribution >= 4 is 34.5 Å². The number of nitrogens with zero attached hydrogens (tertiary/aromatic N) is 4. The molecule has 0 spiro atoms. The fourth-order valence-electron chi connectivity index (χ4n) is 4.55. The van der Waals surface area contributed by atoms with Crippen molar-refractivity contribution in [2.75, 3.05) is 38.0 Å². The van der Waals surface area contributed by atoms with E-state index in [1.165, 1.54) is 0 Å². The maximum absolute atomic E-state index is 12.8. The lowest BCUT2D eigenvalue weighted by atomic mass is 10.1. The number of aryl methyl sites for hydroxylation is 3. The quantitative estimate of drug-likeness (QED) is 0.531. The Bertz CT molecular complexity index is 1270. The van der Waals surface area contributed by atoms with Crippen molar-refractivity contribution in [2.24, 2.45) is 0 Å². The number of rotatable bonds is 7. The molecule has 1 aliphatic heterocycles. The number of carbonyl (C=O) groups excluding carboxylic acids is 2. The van der Waals surface area contributed by atoms with Crippen molar-refractivity contribution in [3.63, 3.8) is 0 Å². The van der Waals surface area contributed by atoms with Gasteiger partial charge in [-0.3, -0.25) is 14.5 Å². The van der Waals surface area contributed by atoms with E-state index < -0.39 is 0 Å². The van der Waals surface area contributed by atoms with E-state index in [9.17, 15) is 9.59 Å². The second-order valence-corrected chi connectivity index (χ2v) is 8.95. The molecule has 2 aromatic carbocycles. The zero-order valence-corrected chi connectivity index (χ0v) is 20.3. The Balaban J connectivity index is 1.32. The van der Waals surface area contributed by atoms with Crippen molar-refractivity contribution in [3.05, 3.63) is 71.4 Å². The van der Waals surface area contributed by atoms with Gasteiger partial charge in [0.15, 0.2) is 0 Å². The van der Waals surface area contributed by atoms with Crippen LogP contribution < -0.4 is 5.32 Å². The molecule has 1 N–H and O–H groups in total. The normalized spacial score (nSPS) is 14.4. The highest BCUT2D eigenvalue weighted by Gasteiger charge is 2.21. The summed E-state index contributed by atoms with van der Waals surface area (Å²) in [5.41, 5.74) is 5.00. The zero-order chi connectivity index (χ0) is 24.8. The second kappa shape index (κ2) is 11.0. The smallest absolute Gasteiger partial charge is 0.246 e. The van der Waals surface area contributed by atoms with Gasteiger partial charge in [-0.1, -0.05) is 36.4 Å². The lowest BCUT2D eigenvalue weighted by molar-refractivity contribution is -0.127. The predicted octanol–water partition coefficient (Wildman–Crippen LogP) is 3.97. The SMILES string of the molecule is Cc1cccc(C)c1NC(=O)CN1CCN(C(=O)/C=C/c2cn(CCC#N)c3ccccc23)CC1. The van der Waals surface area contributed by atoms with Crippen LogP contribution in [-0.2, 0) is 16.1 Å². The molecule has 0 aliphatic carbocycles. The molecule has 180 valence electrons. The maximum Gasteiger partial charge on any atom is 0.246 e. The molecule has 7 nitrogen and oxygen atoms in total. The number of nitriles is 1. The number of para-hydroxylation sites is 2. The number of amides is 2. The molecule has 0 atom stereocenters. The summed E-state index contributed by atoms with van der Waals surface area (Å²) in [6.07, 6.45) is 5.92. The largest absolute Gasteiger partial charge is 0.346 e. The number of nitrogens with one attached hydrogen (secondary N) is 1. The van der Waals surface area contributed by atoms with Gasteiger partial charge in [0.05, 0.1) is 19.0 Å².